The lowest BCUT2D eigenvalue weighted by Crippen LogP contribution is -2.03. The molecule has 0 amide bonds. The van der Waals surface area contributed by atoms with Crippen molar-refractivity contribution in [3.63, 3.8) is 0 Å². The lowest BCUT2D eigenvalue weighted by Gasteiger charge is -2.05. The summed E-state index contributed by atoms with van der Waals surface area (Å²) in [7, 11) is 0. The van der Waals surface area contributed by atoms with Crippen LogP contribution >= 0.6 is 12.2 Å². The molecule has 0 saturated carbocycles. The first kappa shape index (κ1) is 16.8. The molecule has 15 heavy (non-hydrogen) atoms. The average Bonchev–Trinajstić information content (AvgIpc) is 2.26. The fourth-order valence-corrected chi connectivity index (χ4v) is 0.846. The molecule has 0 radical (unpaired) electrons. The van der Waals surface area contributed by atoms with Gasteiger partial charge in [0.15, 0.2) is 0 Å². The van der Waals surface area contributed by atoms with Crippen LogP contribution in [0.1, 0.15) is 53.9 Å². The van der Waals surface area contributed by atoms with E-state index in [4.69, 9.17) is 5.73 Å². The Kier molecular flexibility index (Phi) is 12.8. The van der Waals surface area contributed by atoms with E-state index >= 15 is 0 Å². The maximum absolute atomic E-state index is 5.02. The van der Waals surface area contributed by atoms with Gasteiger partial charge in [-0.15, -0.1) is 0 Å². The Morgan fingerprint density at radius 2 is 1.47 bits per heavy atom. The first-order valence-electron chi connectivity index (χ1n) is 5.67. The summed E-state index contributed by atoms with van der Waals surface area (Å²) >= 11 is 4.47. The second-order valence-electron chi connectivity index (χ2n) is 3.35. The van der Waals surface area contributed by atoms with Crippen molar-refractivity contribution in [3.8, 4) is 0 Å². The Morgan fingerprint density at radius 3 is 1.60 bits per heavy atom. The van der Waals surface area contributed by atoms with Gasteiger partial charge in [-0.1, -0.05) is 56.3 Å². The Balaban J connectivity index is 0. The minimum Gasteiger partial charge on any atom is -0.393 e. The quantitative estimate of drug-likeness (QED) is 0.673. The van der Waals surface area contributed by atoms with Crippen molar-refractivity contribution in [1.82, 2.24) is 0 Å². The van der Waals surface area contributed by atoms with Crippen LogP contribution in [0.3, 0.4) is 0 Å². The maximum atomic E-state index is 5.02. The SMILES string of the molecule is CC.CC1=CC=C(C)CC1.CCC(N)=S. The van der Waals surface area contributed by atoms with Crippen LogP contribution in [0.4, 0.5) is 0 Å². The van der Waals surface area contributed by atoms with Gasteiger partial charge in [-0.2, -0.15) is 0 Å². The molecule has 88 valence electrons. The van der Waals surface area contributed by atoms with E-state index in [1.54, 1.807) is 0 Å². The van der Waals surface area contributed by atoms with Gasteiger partial charge >= 0.3 is 0 Å². The molecule has 0 aliphatic heterocycles. The Bertz CT molecular complexity index is 209. The van der Waals surface area contributed by atoms with Gasteiger partial charge in [0.2, 0.25) is 0 Å². The maximum Gasteiger partial charge on any atom is 0.0724 e. The van der Waals surface area contributed by atoms with E-state index in [0.29, 0.717) is 4.99 Å². The molecule has 1 aliphatic carbocycles. The summed E-state index contributed by atoms with van der Waals surface area (Å²) in [5.41, 5.74) is 8.04. The highest BCUT2D eigenvalue weighted by Gasteiger charge is 1.95. The third-order valence-electron chi connectivity index (χ3n) is 1.91. The largest absolute Gasteiger partial charge is 0.393 e. The second kappa shape index (κ2) is 11.4. The topological polar surface area (TPSA) is 26.0 Å². The zero-order chi connectivity index (χ0) is 12.3. The predicted molar refractivity (Wildman–Crippen MR) is 75.2 cm³/mol. The first-order valence-corrected chi connectivity index (χ1v) is 6.08. The first-order chi connectivity index (χ1) is 7.06. The zero-order valence-electron chi connectivity index (χ0n) is 10.8. The van der Waals surface area contributed by atoms with E-state index < -0.39 is 0 Å². The van der Waals surface area contributed by atoms with E-state index in [1.807, 2.05) is 20.8 Å². The summed E-state index contributed by atoms with van der Waals surface area (Å²) in [6.07, 6.45) is 7.76. The molecular formula is C13H25NS. The molecule has 0 unspecified atom stereocenters. The van der Waals surface area contributed by atoms with Gasteiger partial charge in [0.05, 0.1) is 4.99 Å². The van der Waals surface area contributed by atoms with E-state index in [-0.39, 0.29) is 0 Å². The summed E-state index contributed by atoms with van der Waals surface area (Å²) in [4.78, 5) is 0.588. The average molecular weight is 227 g/mol. The highest BCUT2D eigenvalue weighted by Crippen LogP contribution is 2.15. The summed E-state index contributed by atoms with van der Waals surface area (Å²) < 4.78 is 0. The molecule has 1 nitrogen and oxygen atoms in total. The summed E-state index contributed by atoms with van der Waals surface area (Å²) in [6.45, 7) is 10.3. The molecular weight excluding hydrogens is 202 g/mol. The monoisotopic (exact) mass is 227 g/mol. The van der Waals surface area contributed by atoms with Crippen molar-refractivity contribution in [2.24, 2.45) is 5.73 Å². The number of thiocarbonyl (C=S) groups is 1. The van der Waals surface area contributed by atoms with Crippen LogP contribution in [-0.2, 0) is 0 Å². The van der Waals surface area contributed by atoms with E-state index in [1.165, 1.54) is 24.0 Å². The molecule has 0 aromatic heterocycles. The molecule has 2 N–H and O–H groups in total. The lowest BCUT2D eigenvalue weighted by molar-refractivity contribution is 0.906. The molecule has 0 fully saturated rings. The normalized spacial score (nSPS) is 13.4. The number of hydrogen-bond donors (Lipinski definition) is 1. The van der Waals surface area contributed by atoms with E-state index in [9.17, 15) is 0 Å². The molecule has 0 aromatic carbocycles. The number of nitrogens with two attached hydrogens (primary N) is 1. The van der Waals surface area contributed by atoms with E-state index in [0.717, 1.165) is 6.42 Å². The molecule has 0 saturated heterocycles. The van der Waals surface area contributed by atoms with Crippen molar-refractivity contribution in [2.45, 2.75) is 53.9 Å². The third kappa shape index (κ3) is 13.4. The standard InChI is InChI=1S/C8H12.C3H7NS.C2H6/c1-7-3-5-8(2)6-4-7;1-2-3(4)5;1-2/h3,5H,4,6H2,1-2H3;2H2,1H3,(H2,4,5);1-2H3. The van der Waals surface area contributed by atoms with E-state index in [2.05, 4.69) is 38.2 Å². The van der Waals surface area contributed by atoms with Crippen molar-refractivity contribution in [3.05, 3.63) is 23.3 Å². The highest BCUT2D eigenvalue weighted by molar-refractivity contribution is 7.80. The molecule has 1 aliphatic rings. The molecule has 0 heterocycles. The van der Waals surface area contributed by atoms with Crippen molar-refractivity contribution in [1.29, 1.82) is 0 Å². The van der Waals surface area contributed by atoms with Crippen molar-refractivity contribution < 1.29 is 0 Å². The third-order valence-corrected chi connectivity index (χ3v) is 2.20. The van der Waals surface area contributed by atoms with Crippen LogP contribution in [0, 0.1) is 0 Å². The minimum atomic E-state index is 0.588. The van der Waals surface area contributed by atoms with Crippen LogP contribution in [0.15, 0.2) is 23.3 Å². The van der Waals surface area contributed by atoms with Crippen LogP contribution in [0.2, 0.25) is 0 Å². The number of rotatable bonds is 1. The molecule has 0 atom stereocenters. The van der Waals surface area contributed by atoms with Crippen molar-refractivity contribution in [2.75, 3.05) is 0 Å². The molecule has 1 rings (SSSR count). The lowest BCUT2D eigenvalue weighted by atomic mass is 10.0. The Morgan fingerprint density at radius 1 is 1.20 bits per heavy atom. The molecule has 0 spiro atoms. The van der Waals surface area contributed by atoms with Crippen LogP contribution in [0.25, 0.3) is 0 Å². The van der Waals surface area contributed by atoms with Gasteiger partial charge in [-0.05, 0) is 33.1 Å². The second-order valence-corrected chi connectivity index (χ2v) is 3.87. The van der Waals surface area contributed by atoms with Crippen LogP contribution < -0.4 is 5.73 Å². The summed E-state index contributed by atoms with van der Waals surface area (Å²) in [5.74, 6) is 0. The number of allylic oxidation sites excluding steroid dienone is 4. The summed E-state index contributed by atoms with van der Waals surface area (Å²) in [5, 5.41) is 0. The smallest absolute Gasteiger partial charge is 0.0724 e. The molecule has 0 bridgehead atoms. The Hall–Kier alpha value is -0.630. The molecule has 2 heteroatoms. The summed E-state index contributed by atoms with van der Waals surface area (Å²) in [6, 6.07) is 0. The predicted octanol–water partition coefficient (Wildman–Crippen LogP) is 4.38. The van der Waals surface area contributed by atoms with Gasteiger partial charge in [0.1, 0.15) is 0 Å². The van der Waals surface area contributed by atoms with Gasteiger partial charge in [0.25, 0.3) is 0 Å². The van der Waals surface area contributed by atoms with Gasteiger partial charge < -0.3 is 5.73 Å². The number of hydrogen-bond acceptors (Lipinski definition) is 1. The van der Waals surface area contributed by atoms with Gasteiger partial charge in [-0.3, -0.25) is 0 Å². The highest BCUT2D eigenvalue weighted by atomic mass is 32.1. The fraction of sp³-hybridized carbons (Fsp3) is 0.615. The molecule has 0 aromatic rings. The fourth-order valence-electron chi connectivity index (χ4n) is 0.846. The van der Waals surface area contributed by atoms with Crippen LogP contribution in [-0.4, -0.2) is 4.99 Å². The van der Waals surface area contributed by atoms with Crippen molar-refractivity contribution >= 4 is 17.2 Å². The zero-order valence-corrected chi connectivity index (χ0v) is 11.6. The Labute approximate surface area is 100 Å². The van der Waals surface area contributed by atoms with Gasteiger partial charge in [0, 0.05) is 0 Å². The van der Waals surface area contributed by atoms with Crippen LogP contribution in [0.5, 0.6) is 0 Å². The minimum absolute atomic E-state index is 0.588. The van der Waals surface area contributed by atoms with Gasteiger partial charge in [-0.25, -0.2) is 0 Å².